The van der Waals surface area contributed by atoms with Gasteiger partial charge >= 0.3 is 0 Å². The van der Waals surface area contributed by atoms with Gasteiger partial charge in [-0.15, -0.1) is 0 Å². The Balaban J connectivity index is 1.83. The van der Waals surface area contributed by atoms with E-state index < -0.39 is 10.0 Å². The maximum atomic E-state index is 12.8. The Morgan fingerprint density at radius 3 is 2.86 bits per heavy atom. The predicted molar refractivity (Wildman–Crippen MR) is 80.3 cm³/mol. The molecule has 2 N–H and O–H groups in total. The standard InChI is InChI=1S/C13H23N5O2S/c1-2-17-10-12(13(14)15-17)21(19,20)18-8-7-16-6-4-3-5-11(16)9-18/h10-11H,2-9H2,1H3,(H2,14,15). The van der Waals surface area contributed by atoms with Crippen molar-refractivity contribution in [2.75, 3.05) is 31.9 Å². The summed E-state index contributed by atoms with van der Waals surface area (Å²) in [5.41, 5.74) is 5.79. The van der Waals surface area contributed by atoms with E-state index in [9.17, 15) is 8.42 Å². The zero-order chi connectivity index (χ0) is 15.0. The number of aromatic nitrogens is 2. The fourth-order valence-electron chi connectivity index (χ4n) is 3.26. The first kappa shape index (κ1) is 14.8. The lowest BCUT2D eigenvalue weighted by Crippen LogP contribution is -2.56. The number of nitrogens with two attached hydrogens (primary N) is 1. The number of anilines is 1. The lowest BCUT2D eigenvalue weighted by Gasteiger charge is -2.43. The van der Waals surface area contributed by atoms with Crippen LogP contribution in [-0.2, 0) is 16.6 Å². The lowest BCUT2D eigenvalue weighted by molar-refractivity contribution is 0.0852. The Hall–Kier alpha value is -1.12. The van der Waals surface area contributed by atoms with Crippen LogP contribution in [0, 0.1) is 0 Å². The quantitative estimate of drug-likeness (QED) is 0.870. The van der Waals surface area contributed by atoms with E-state index in [0.717, 1.165) is 19.5 Å². The van der Waals surface area contributed by atoms with Crippen LogP contribution in [0.4, 0.5) is 5.82 Å². The van der Waals surface area contributed by atoms with E-state index in [-0.39, 0.29) is 10.7 Å². The summed E-state index contributed by atoms with van der Waals surface area (Å²) in [6.07, 6.45) is 5.03. The molecule has 0 aromatic carbocycles. The van der Waals surface area contributed by atoms with Gasteiger partial charge in [0.15, 0.2) is 5.82 Å². The number of piperidine rings is 1. The van der Waals surface area contributed by atoms with E-state index in [0.29, 0.717) is 25.7 Å². The average molecular weight is 313 g/mol. The van der Waals surface area contributed by atoms with Crippen molar-refractivity contribution < 1.29 is 8.42 Å². The molecule has 2 saturated heterocycles. The summed E-state index contributed by atoms with van der Waals surface area (Å²) >= 11 is 0. The summed E-state index contributed by atoms with van der Waals surface area (Å²) in [6.45, 7) is 5.52. The van der Waals surface area contributed by atoms with Crippen LogP contribution in [0.1, 0.15) is 26.2 Å². The van der Waals surface area contributed by atoms with Crippen LogP contribution in [-0.4, -0.2) is 59.6 Å². The molecule has 2 fully saturated rings. The van der Waals surface area contributed by atoms with Crippen LogP contribution in [0.5, 0.6) is 0 Å². The van der Waals surface area contributed by atoms with E-state index in [4.69, 9.17) is 5.73 Å². The molecule has 8 heteroatoms. The number of hydrogen-bond donors (Lipinski definition) is 1. The topological polar surface area (TPSA) is 84.5 Å². The van der Waals surface area contributed by atoms with Crippen molar-refractivity contribution in [3.63, 3.8) is 0 Å². The molecule has 2 aliphatic rings. The zero-order valence-corrected chi connectivity index (χ0v) is 13.2. The van der Waals surface area contributed by atoms with Gasteiger partial charge in [0, 0.05) is 38.4 Å². The van der Waals surface area contributed by atoms with Crippen LogP contribution >= 0.6 is 0 Å². The third-order valence-corrected chi connectivity index (χ3v) is 6.38. The maximum Gasteiger partial charge on any atom is 0.248 e. The van der Waals surface area contributed by atoms with E-state index in [1.807, 2.05) is 6.92 Å². The van der Waals surface area contributed by atoms with Gasteiger partial charge in [-0.05, 0) is 26.3 Å². The summed E-state index contributed by atoms with van der Waals surface area (Å²) in [5.74, 6) is 0.0999. The zero-order valence-electron chi connectivity index (χ0n) is 12.4. The van der Waals surface area contributed by atoms with E-state index >= 15 is 0 Å². The van der Waals surface area contributed by atoms with Crippen LogP contribution in [0.2, 0.25) is 0 Å². The Labute approximate surface area is 125 Å². The minimum atomic E-state index is -3.53. The fraction of sp³-hybridized carbons (Fsp3) is 0.769. The number of hydrogen-bond acceptors (Lipinski definition) is 5. The number of nitrogen functional groups attached to an aromatic ring is 1. The molecule has 3 rings (SSSR count). The number of piperazine rings is 1. The SMILES string of the molecule is CCn1cc(S(=O)(=O)N2CCN3CCCCC3C2)c(N)n1. The first-order valence-electron chi connectivity index (χ1n) is 7.59. The molecule has 0 bridgehead atoms. The number of sulfonamides is 1. The molecular weight excluding hydrogens is 290 g/mol. The first-order chi connectivity index (χ1) is 10.0. The molecule has 21 heavy (non-hydrogen) atoms. The van der Waals surface area contributed by atoms with Crippen molar-refractivity contribution >= 4 is 15.8 Å². The molecule has 1 atom stereocenters. The van der Waals surface area contributed by atoms with E-state index in [1.54, 1.807) is 8.99 Å². The van der Waals surface area contributed by atoms with Crippen LogP contribution in [0.25, 0.3) is 0 Å². The summed E-state index contributed by atoms with van der Waals surface area (Å²) in [4.78, 5) is 2.56. The molecule has 1 aromatic heterocycles. The molecule has 7 nitrogen and oxygen atoms in total. The molecular formula is C13H23N5O2S. The van der Waals surface area contributed by atoms with Crippen molar-refractivity contribution in [1.82, 2.24) is 19.0 Å². The molecule has 3 heterocycles. The van der Waals surface area contributed by atoms with Crippen LogP contribution < -0.4 is 5.73 Å². The fourth-order valence-corrected chi connectivity index (χ4v) is 4.79. The number of aryl methyl sites for hydroxylation is 1. The highest BCUT2D eigenvalue weighted by atomic mass is 32.2. The number of rotatable bonds is 3. The summed E-state index contributed by atoms with van der Waals surface area (Å²) in [7, 11) is -3.53. The molecule has 1 aromatic rings. The smallest absolute Gasteiger partial charge is 0.248 e. The highest BCUT2D eigenvalue weighted by Gasteiger charge is 2.36. The third-order valence-electron chi connectivity index (χ3n) is 4.50. The van der Waals surface area contributed by atoms with Gasteiger partial charge in [0.05, 0.1) is 0 Å². The van der Waals surface area contributed by atoms with Crippen molar-refractivity contribution in [3.8, 4) is 0 Å². The minimum Gasteiger partial charge on any atom is -0.381 e. The molecule has 118 valence electrons. The van der Waals surface area contributed by atoms with E-state index in [1.165, 1.54) is 19.0 Å². The van der Waals surface area contributed by atoms with Gasteiger partial charge in [-0.1, -0.05) is 6.42 Å². The Bertz CT molecular complexity index is 612. The van der Waals surface area contributed by atoms with Gasteiger partial charge in [0.25, 0.3) is 0 Å². The van der Waals surface area contributed by atoms with Crippen molar-refractivity contribution in [2.45, 2.75) is 43.7 Å². The Morgan fingerprint density at radius 2 is 2.14 bits per heavy atom. The average Bonchev–Trinajstić information content (AvgIpc) is 2.88. The van der Waals surface area contributed by atoms with Crippen molar-refractivity contribution in [3.05, 3.63) is 6.20 Å². The van der Waals surface area contributed by atoms with Crippen LogP contribution in [0.15, 0.2) is 11.1 Å². The van der Waals surface area contributed by atoms with Crippen molar-refractivity contribution in [2.24, 2.45) is 0 Å². The lowest BCUT2D eigenvalue weighted by atomic mass is 10.0. The largest absolute Gasteiger partial charge is 0.381 e. The van der Waals surface area contributed by atoms with Gasteiger partial charge < -0.3 is 5.73 Å². The second-order valence-electron chi connectivity index (χ2n) is 5.78. The minimum absolute atomic E-state index is 0.0999. The summed E-state index contributed by atoms with van der Waals surface area (Å²) in [6, 6.07) is 0.352. The predicted octanol–water partition coefficient (Wildman–Crippen LogP) is 0.344. The Kier molecular flexibility index (Phi) is 3.94. The molecule has 0 amide bonds. The summed E-state index contributed by atoms with van der Waals surface area (Å²) in [5, 5.41) is 4.05. The third kappa shape index (κ3) is 2.67. The normalized spacial score (nSPS) is 24.9. The van der Waals surface area contributed by atoms with Gasteiger partial charge in [-0.25, -0.2) is 8.42 Å². The second-order valence-corrected chi connectivity index (χ2v) is 7.69. The molecule has 0 spiro atoms. The maximum absolute atomic E-state index is 12.8. The second kappa shape index (κ2) is 5.58. The van der Waals surface area contributed by atoms with Gasteiger partial charge in [0.2, 0.25) is 10.0 Å². The molecule has 2 aliphatic heterocycles. The van der Waals surface area contributed by atoms with Gasteiger partial charge in [0.1, 0.15) is 4.90 Å². The van der Waals surface area contributed by atoms with Gasteiger partial charge in [-0.3, -0.25) is 9.58 Å². The number of fused-ring (bicyclic) bond motifs is 1. The molecule has 1 unspecified atom stereocenters. The Morgan fingerprint density at radius 1 is 1.33 bits per heavy atom. The first-order valence-corrected chi connectivity index (χ1v) is 9.03. The van der Waals surface area contributed by atoms with Crippen LogP contribution in [0.3, 0.4) is 0 Å². The summed E-state index contributed by atoms with van der Waals surface area (Å²) < 4.78 is 28.7. The van der Waals surface area contributed by atoms with E-state index in [2.05, 4.69) is 10.00 Å². The number of nitrogens with zero attached hydrogens (tertiary/aromatic N) is 4. The highest BCUT2D eigenvalue weighted by molar-refractivity contribution is 7.89. The van der Waals surface area contributed by atoms with Crippen molar-refractivity contribution in [1.29, 1.82) is 0 Å². The molecule has 0 radical (unpaired) electrons. The monoisotopic (exact) mass is 313 g/mol. The molecule has 0 aliphatic carbocycles. The molecule has 0 saturated carbocycles. The van der Waals surface area contributed by atoms with Gasteiger partial charge in [-0.2, -0.15) is 9.40 Å². The highest BCUT2D eigenvalue weighted by Crippen LogP contribution is 2.27.